The number of hydrogen-bond donors (Lipinski definition) is 1. The van der Waals surface area contributed by atoms with Crippen LogP contribution in [0.2, 0.25) is 0 Å². The molecule has 10 heavy (non-hydrogen) atoms. The lowest BCUT2D eigenvalue weighted by molar-refractivity contribution is 0.806. The van der Waals surface area contributed by atoms with Crippen LogP contribution in [0.3, 0.4) is 0 Å². The molecule has 0 aliphatic carbocycles. The summed E-state index contributed by atoms with van der Waals surface area (Å²) in [6, 6.07) is 0. The summed E-state index contributed by atoms with van der Waals surface area (Å²) < 4.78 is 0. The Hall–Kier alpha value is -0.120. The van der Waals surface area contributed by atoms with Crippen molar-refractivity contribution >= 4 is 22.9 Å². The fraction of sp³-hybridized carbons (Fsp3) is 0.500. The van der Waals surface area contributed by atoms with Gasteiger partial charge in [0.15, 0.2) is 0 Å². The molecule has 1 aromatic rings. The summed E-state index contributed by atoms with van der Waals surface area (Å²) in [6.07, 6.45) is 0. The first-order valence-electron chi connectivity index (χ1n) is 3.00. The average molecular weight is 177 g/mol. The van der Waals surface area contributed by atoms with E-state index in [1.807, 2.05) is 12.4 Å². The van der Waals surface area contributed by atoms with E-state index in [4.69, 9.17) is 11.6 Å². The molecule has 56 valence electrons. The summed E-state index contributed by atoms with van der Waals surface area (Å²) >= 11 is 7.20. The molecule has 0 aromatic carbocycles. The monoisotopic (exact) mass is 176 g/mol. The van der Waals surface area contributed by atoms with Gasteiger partial charge < -0.3 is 5.32 Å². The van der Waals surface area contributed by atoms with Gasteiger partial charge in [-0.25, -0.2) is 4.98 Å². The molecule has 0 unspecified atom stereocenters. The van der Waals surface area contributed by atoms with Crippen LogP contribution >= 0.6 is 22.9 Å². The van der Waals surface area contributed by atoms with Crippen molar-refractivity contribution in [2.75, 3.05) is 7.05 Å². The van der Waals surface area contributed by atoms with Crippen LogP contribution in [0.15, 0.2) is 5.38 Å². The number of thiazole rings is 1. The Morgan fingerprint density at radius 3 is 3.10 bits per heavy atom. The standard InChI is InChI=1S/C6H9ClN2S/c1-8-3-6-9-5(2-7)4-10-6/h4,8H,2-3H2,1H3. The zero-order valence-electron chi connectivity index (χ0n) is 5.72. The van der Waals surface area contributed by atoms with Crippen LogP contribution in [0.25, 0.3) is 0 Å². The van der Waals surface area contributed by atoms with Crippen molar-refractivity contribution in [3.05, 3.63) is 16.1 Å². The van der Waals surface area contributed by atoms with Crippen LogP contribution in [-0.2, 0) is 12.4 Å². The second kappa shape index (κ2) is 3.91. The van der Waals surface area contributed by atoms with Gasteiger partial charge in [0.1, 0.15) is 5.01 Å². The van der Waals surface area contributed by atoms with Crippen LogP contribution in [-0.4, -0.2) is 12.0 Å². The largest absolute Gasteiger partial charge is 0.314 e. The number of aromatic nitrogens is 1. The van der Waals surface area contributed by atoms with E-state index in [2.05, 4.69) is 10.3 Å². The maximum absolute atomic E-state index is 5.56. The van der Waals surface area contributed by atoms with E-state index in [-0.39, 0.29) is 0 Å². The maximum atomic E-state index is 5.56. The van der Waals surface area contributed by atoms with Gasteiger partial charge in [-0.05, 0) is 7.05 Å². The van der Waals surface area contributed by atoms with Gasteiger partial charge in [0, 0.05) is 11.9 Å². The van der Waals surface area contributed by atoms with Crippen molar-refractivity contribution in [3.8, 4) is 0 Å². The summed E-state index contributed by atoms with van der Waals surface area (Å²) in [5.41, 5.74) is 0.969. The molecule has 0 amide bonds. The highest BCUT2D eigenvalue weighted by Gasteiger charge is 1.97. The van der Waals surface area contributed by atoms with Gasteiger partial charge in [0.25, 0.3) is 0 Å². The van der Waals surface area contributed by atoms with E-state index in [0.29, 0.717) is 5.88 Å². The lowest BCUT2D eigenvalue weighted by atomic mass is 10.6. The Morgan fingerprint density at radius 2 is 2.60 bits per heavy atom. The van der Waals surface area contributed by atoms with Gasteiger partial charge in [-0.1, -0.05) is 0 Å². The fourth-order valence-corrected chi connectivity index (χ4v) is 1.68. The first-order chi connectivity index (χ1) is 4.86. The topological polar surface area (TPSA) is 24.9 Å². The molecule has 0 saturated heterocycles. The Kier molecular flexibility index (Phi) is 3.12. The second-order valence-electron chi connectivity index (χ2n) is 1.90. The normalized spacial score (nSPS) is 10.2. The van der Waals surface area contributed by atoms with Gasteiger partial charge >= 0.3 is 0 Å². The molecule has 0 atom stereocenters. The zero-order valence-corrected chi connectivity index (χ0v) is 7.30. The highest BCUT2D eigenvalue weighted by Crippen LogP contribution is 2.10. The predicted molar refractivity (Wildman–Crippen MR) is 44.4 cm³/mol. The van der Waals surface area contributed by atoms with Gasteiger partial charge in [0.05, 0.1) is 11.6 Å². The minimum absolute atomic E-state index is 0.514. The van der Waals surface area contributed by atoms with Gasteiger partial charge in [-0.15, -0.1) is 22.9 Å². The molecule has 0 aliphatic rings. The molecule has 0 aliphatic heterocycles. The number of nitrogens with zero attached hydrogens (tertiary/aromatic N) is 1. The molecule has 1 heterocycles. The van der Waals surface area contributed by atoms with Crippen LogP contribution in [0.5, 0.6) is 0 Å². The van der Waals surface area contributed by atoms with Crippen molar-refractivity contribution in [2.24, 2.45) is 0 Å². The Morgan fingerprint density at radius 1 is 1.80 bits per heavy atom. The van der Waals surface area contributed by atoms with E-state index in [1.165, 1.54) is 0 Å². The van der Waals surface area contributed by atoms with Crippen LogP contribution in [0.1, 0.15) is 10.7 Å². The van der Waals surface area contributed by atoms with Crippen molar-refractivity contribution < 1.29 is 0 Å². The van der Waals surface area contributed by atoms with Gasteiger partial charge in [-0.3, -0.25) is 0 Å². The number of alkyl halides is 1. The van der Waals surface area contributed by atoms with Crippen molar-refractivity contribution in [3.63, 3.8) is 0 Å². The SMILES string of the molecule is CNCc1nc(CCl)cs1. The first kappa shape index (κ1) is 7.98. The number of halogens is 1. The lowest BCUT2D eigenvalue weighted by Crippen LogP contribution is -2.04. The molecule has 4 heteroatoms. The number of nitrogens with one attached hydrogen (secondary N) is 1. The summed E-state index contributed by atoms with van der Waals surface area (Å²) in [6.45, 7) is 0.835. The van der Waals surface area contributed by atoms with Gasteiger partial charge in [-0.2, -0.15) is 0 Å². The first-order valence-corrected chi connectivity index (χ1v) is 4.42. The van der Waals surface area contributed by atoms with E-state index < -0.39 is 0 Å². The highest BCUT2D eigenvalue weighted by molar-refractivity contribution is 7.09. The zero-order chi connectivity index (χ0) is 7.40. The smallest absolute Gasteiger partial charge is 0.107 e. The summed E-state index contributed by atoms with van der Waals surface area (Å²) in [4.78, 5) is 4.24. The molecule has 0 bridgehead atoms. The fourth-order valence-electron chi connectivity index (χ4n) is 0.643. The molecular weight excluding hydrogens is 168 g/mol. The van der Waals surface area contributed by atoms with Crippen LogP contribution in [0.4, 0.5) is 0 Å². The molecule has 1 N–H and O–H groups in total. The average Bonchev–Trinajstić information content (AvgIpc) is 2.37. The van der Waals surface area contributed by atoms with Crippen LogP contribution < -0.4 is 5.32 Å². The molecule has 0 spiro atoms. The quantitative estimate of drug-likeness (QED) is 0.708. The summed E-state index contributed by atoms with van der Waals surface area (Å²) in [5.74, 6) is 0.514. The third-order valence-corrected chi connectivity index (χ3v) is 2.24. The van der Waals surface area contributed by atoms with Crippen molar-refractivity contribution in [1.82, 2.24) is 10.3 Å². The summed E-state index contributed by atoms with van der Waals surface area (Å²) in [7, 11) is 1.90. The van der Waals surface area contributed by atoms with E-state index >= 15 is 0 Å². The minimum Gasteiger partial charge on any atom is -0.314 e. The van der Waals surface area contributed by atoms with Crippen molar-refractivity contribution in [2.45, 2.75) is 12.4 Å². The minimum atomic E-state index is 0.514. The van der Waals surface area contributed by atoms with Crippen molar-refractivity contribution in [1.29, 1.82) is 0 Å². The molecule has 1 rings (SSSR count). The molecule has 0 radical (unpaired) electrons. The molecule has 0 saturated carbocycles. The molecule has 1 aromatic heterocycles. The number of hydrogen-bond acceptors (Lipinski definition) is 3. The second-order valence-corrected chi connectivity index (χ2v) is 3.11. The highest BCUT2D eigenvalue weighted by atomic mass is 35.5. The molecule has 2 nitrogen and oxygen atoms in total. The Balaban J connectivity index is 2.59. The number of rotatable bonds is 3. The van der Waals surface area contributed by atoms with E-state index in [1.54, 1.807) is 11.3 Å². The third kappa shape index (κ3) is 1.94. The predicted octanol–water partition coefficient (Wildman–Crippen LogP) is 1.60. The Bertz CT molecular complexity index is 199. The van der Waals surface area contributed by atoms with E-state index in [9.17, 15) is 0 Å². The van der Waals surface area contributed by atoms with Crippen LogP contribution in [0, 0.1) is 0 Å². The maximum Gasteiger partial charge on any atom is 0.107 e. The Labute approximate surface area is 69.2 Å². The summed E-state index contributed by atoms with van der Waals surface area (Å²) in [5, 5.41) is 6.11. The lowest BCUT2D eigenvalue weighted by Gasteiger charge is -1.89. The van der Waals surface area contributed by atoms with Gasteiger partial charge in [0.2, 0.25) is 0 Å². The molecular formula is C6H9ClN2S. The molecule has 0 fully saturated rings. The third-order valence-electron chi connectivity index (χ3n) is 1.06. The van der Waals surface area contributed by atoms with E-state index in [0.717, 1.165) is 17.2 Å².